The van der Waals surface area contributed by atoms with Crippen LogP contribution in [0.25, 0.3) is 5.65 Å². The SMILES string of the molecule is COCC(C)CNc1cc(C)cc2ncnn12. The average Bonchev–Trinajstić information content (AvgIpc) is 2.74. The first-order valence-corrected chi connectivity index (χ1v) is 5.74. The van der Waals surface area contributed by atoms with Crippen LogP contribution in [-0.4, -0.2) is 34.9 Å². The number of methoxy groups -OCH3 is 1. The molecular formula is C12H18N4O. The summed E-state index contributed by atoms with van der Waals surface area (Å²) in [5.74, 6) is 1.43. The van der Waals surface area contributed by atoms with Gasteiger partial charge in [0.1, 0.15) is 12.1 Å². The summed E-state index contributed by atoms with van der Waals surface area (Å²) in [5, 5.41) is 7.58. The quantitative estimate of drug-likeness (QED) is 0.856. The Labute approximate surface area is 101 Å². The Morgan fingerprint density at radius 3 is 3.06 bits per heavy atom. The number of hydrogen-bond acceptors (Lipinski definition) is 4. The first kappa shape index (κ1) is 11.9. The van der Waals surface area contributed by atoms with Crippen LogP contribution in [0.5, 0.6) is 0 Å². The molecule has 0 amide bonds. The van der Waals surface area contributed by atoms with E-state index in [1.165, 1.54) is 5.56 Å². The molecule has 2 rings (SSSR count). The predicted molar refractivity (Wildman–Crippen MR) is 67.3 cm³/mol. The molecule has 5 nitrogen and oxygen atoms in total. The molecule has 0 spiro atoms. The summed E-state index contributed by atoms with van der Waals surface area (Å²) in [5.41, 5.74) is 2.04. The zero-order valence-corrected chi connectivity index (χ0v) is 10.5. The van der Waals surface area contributed by atoms with E-state index in [-0.39, 0.29) is 0 Å². The van der Waals surface area contributed by atoms with E-state index >= 15 is 0 Å². The molecule has 0 aliphatic rings. The number of hydrogen-bond donors (Lipinski definition) is 1. The molecule has 0 fully saturated rings. The van der Waals surface area contributed by atoms with Gasteiger partial charge in [-0.1, -0.05) is 6.92 Å². The first-order chi connectivity index (χ1) is 8.20. The molecule has 0 aromatic carbocycles. The van der Waals surface area contributed by atoms with Gasteiger partial charge in [0.15, 0.2) is 5.65 Å². The maximum Gasteiger partial charge on any atom is 0.157 e. The number of aryl methyl sites for hydroxylation is 1. The fourth-order valence-electron chi connectivity index (χ4n) is 1.80. The van der Waals surface area contributed by atoms with Gasteiger partial charge in [0, 0.05) is 13.7 Å². The second-order valence-corrected chi connectivity index (χ2v) is 4.39. The Hall–Kier alpha value is -1.62. The molecule has 17 heavy (non-hydrogen) atoms. The number of ether oxygens (including phenoxy) is 1. The van der Waals surface area contributed by atoms with Crippen LogP contribution in [0.3, 0.4) is 0 Å². The molecule has 0 radical (unpaired) electrons. The molecule has 2 aromatic rings. The minimum atomic E-state index is 0.457. The largest absolute Gasteiger partial charge is 0.384 e. The molecule has 0 saturated heterocycles. The number of nitrogens with one attached hydrogen (secondary N) is 1. The van der Waals surface area contributed by atoms with Gasteiger partial charge in [0.2, 0.25) is 0 Å². The van der Waals surface area contributed by atoms with Gasteiger partial charge in [-0.25, -0.2) is 4.98 Å². The molecule has 0 aliphatic heterocycles. The Balaban J connectivity index is 2.14. The van der Waals surface area contributed by atoms with Crippen molar-refractivity contribution in [3.63, 3.8) is 0 Å². The summed E-state index contributed by atoms with van der Waals surface area (Å²) in [6.07, 6.45) is 1.57. The van der Waals surface area contributed by atoms with Crippen molar-refractivity contribution < 1.29 is 4.74 Å². The van der Waals surface area contributed by atoms with E-state index in [1.807, 2.05) is 10.6 Å². The van der Waals surface area contributed by atoms with Crippen molar-refractivity contribution >= 4 is 11.5 Å². The van der Waals surface area contributed by atoms with Crippen molar-refractivity contribution in [2.45, 2.75) is 13.8 Å². The van der Waals surface area contributed by atoms with Gasteiger partial charge in [-0.15, -0.1) is 0 Å². The summed E-state index contributed by atoms with van der Waals surface area (Å²) in [6.45, 7) is 5.80. The average molecular weight is 234 g/mol. The third-order valence-electron chi connectivity index (χ3n) is 2.61. The van der Waals surface area contributed by atoms with Gasteiger partial charge in [0.05, 0.1) is 6.61 Å². The molecule has 1 N–H and O–H groups in total. The summed E-state index contributed by atoms with van der Waals surface area (Å²) in [6, 6.07) is 4.08. The van der Waals surface area contributed by atoms with Crippen LogP contribution in [0, 0.1) is 12.8 Å². The molecule has 1 atom stereocenters. The minimum absolute atomic E-state index is 0.457. The Kier molecular flexibility index (Phi) is 3.58. The van der Waals surface area contributed by atoms with Crippen molar-refractivity contribution in [1.82, 2.24) is 14.6 Å². The third kappa shape index (κ3) is 2.74. The third-order valence-corrected chi connectivity index (χ3v) is 2.61. The Bertz CT molecular complexity index is 494. The molecule has 0 saturated carbocycles. The van der Waals surface area contributed by atoms with E-state index in [9.17, 15) is 0 Å². The van der Waals surface area contributed by atoms with E-state index in [0.29, 0.717) is 5.92 Å². The van der Waals surface area contributed by atoms with Gasteiger partial charge in [0.25, 0.3) is 0 Å². The standard InChI is InChI=1S/C12H18N4O/c1-9-4-11(13-6-10(2)7-17-3)16-12(5-9)14-8-15-16/h4-5,8,10,13H,6-7H2,1-3H3. The topological polar surface area (TPSA) is 51.5 Å². The minimum Gasteiger partial charge on any atom is -0.384 e. The summed E-state index contributed by atoms with van der Waals surface area (Å²) in [7, 11) is 1.72. The van der Waals surface area contributed by atoms with Gasteiger partial charge in [-0.2, -0.15) is 9.61 Å². The number of aromatic nitrogens is 3. The van der Waals surface area contributed by atoms with Crippen molar-refractivity contribution in [3.05, 3.63) is 24.0 Å². The monoisotopic (exact) mass is 234 g/mol. The second-order valence-electron chi connectivity index (χ2n) is 4.39. The maximum absolute atomic E-state index is 5.11. The van der Waals surface area contributed by atoms with E-state index in [0.717, 1.165) is 24.6 Å². The lowest BCUT2D eigenvalue weighted by Gasteiger charge is -2.13. The number of nitrogens with zero attached hydrogens (tertiary/aromatic N) is 3. The van der Waals surface area contributed by atoms with Crippen LogP contribution < -0.4 is 5.32 Å². The second kappa shape index (κ2) is 5.14. The van der Waals surface area contributed by atoms with Crippen LogP contribution in [-0.2, 0) is 4.74 Å². The Morgan fingerprint density at radius 2 is 2.29 bits per heavy atom. The molecule has 2 heterocycles. The fraction of sp³-hybridized carbons (Fsp3) is 0.500. The van der Waals surface area contributed by atoms with Crippen molar-refractivity contribution in [1.29, 1.82) is 0 Å². The highest BCUT2D eigenvalue weighted by molar-refractivity contribution is 5.51. The van der Waals surface area contributed by atoms with Crippen LogP contribution in [0.1, 0.15) is 12.5 Å². The fourth-order valence-corrected chi connectivity index (χ4v) is 1.80. The lowest BCUT2D eigenvalue weighted by molar-refractivity contribution is 0.164. The van der Waals surface area contributed by atoms with Crippen LogP contribution in [0.4, 0.5) is 5.82 Å². The van der Waals surface area contributed by atoms with Crippen molar-refractivity contribution in [2.75, 3.05) is 25.6 Å². The molecule has 0 bridgehead atoms. The highest BCUT2D eigenvalue weighted by Gasteiger charge is 2.06. The normalized spacial score (nSPS) is 12.9. The summed E-state index contributed by atoms with van der Waals surface area (Å²) in [4.78, 5) is 4.19. The number of pyridine rings is 1. The van der Waals surface area contributed by atoms with Gasteiger partial charge in [-0.05, 0) is 30.5 Å². The summed E-state index contributed by atoms with van der Waals surface area (Å²) < 4.78 is 6.93. The highest BCUT2D eigenvalue weighted by atomic mass is 16.5. The van der Waals surface area contributed by atoms with Crippen LogP contribution in [0.2, 0.25) is 0 Å². The molecule has 5 heteroatoms. The molecule has 1 unspecified atom stereocenters. The zero-order chi connectivity index (χ0) is 12.3. The van der Waals surface area contributed by atoms with Gasteiger partial charge in [-0.3, -0.25) is 0 Å². The maximum atomic E-state index is 5.11. The lowest BCUT2D eigenvalue weighted by Crippen LogP contribution is -2.17. The first-order valence-electron chi connectivity index (χ1n) is 5.74. The van der Waals surface area contributed by atoms with Crippen LogP contribution in [0.15, 0.2) is 18.5 Å². The van der Waals surface area contributed by atoms with E-state index in [1.54, 1.807) is 13.4 Å². The smallest absolute Gasteiger partial charge is 0.157 e. The van der Waals surface area contributed by atoms with Crippen LogP contribution >= 0.6 is 0 Å². The molecular weight excluding hydrogens is 216 g/mol. The van der Waals surface area contributed by atoms with Gasteiger partial charge >= 0.3 is 0 Å². The number of anilines is 1. The number of rotatable bonds is 5. The molecule has 2 aromatic heterocycles. The van der Waals surface area contributed by atoms with E-state index < -0.39 is 0 Å². The number of fused-ring (bicyclic) bond motifs is 1. The van der Waals surface area contributed by atoms with Gasteiger partial charge < -0.3 is 10.1 Å². The highest BCUT2D eigenvalue weighted by Crippen LogP contribution is 2.13. The predicted octanol–water partition coefficient (Wildman–Crippen LogP) is 1.73. The molecule has 92 valence electrons. The van der Waals surface area contributed by atoms with E-state index in [4.69, 9.17) is 4.74 Å². The summed E-state index contributed by atoms with van der Waals surface area (Å²) >= 11 is 0. The zero-order valence-electron chi connectivity index (χ0n) is 10.5. The van der Waals surface area contributed by atoms with E-state index in [2.05, 4.69) is 35.3 Å². The molecule has 0 aliphatic carbocycles. The van der Waals surface area contributed by atoms with Crippen molar-refractivity contribution in [3.8, 4) is 0 Å². The van der Waals surface area contributed by atoms with Crippen molar-refractivity contribution in [2.24, 2.45) is 5.92 Å². The Morgan fingerprint density at radius 1 is 1.47 bits per heavy atom. The lowest BCUT2D eigenvalue weighted by atomic mass is 10.2.